The largest absolute Gasteiger partial charge is 0.494 e. The summed E-state index contributed by atoms with van der Waals surface area (Å²) in [5.41, 5.74) is 14.5. The van der Waals surface area contributed by atoms with Gasteiger partial charge in [-0.3, -0.25) is 0 Å². The van der Waals surface area contributed by atoms with Crippen LogP contribution >= 0.6 is 0 Å². The molecule has 5 N–H and O–H groups in total. The van der Waals surface area contributed by atoms with Crippen LogP contribution in [0.5, 0.6) is 11.5 Å². The molecular weight excluding hydrogens is 501 g/mol. The first-order chi connectivity index (χ1) is 18.0. The first-order valence-electron chi connectivity index (χ1n) is 11.7. The van der Waals surface area contributed by atoms with Crippen molar-refractivity contribution in [2.24, 2.45) is 0 Å². The molecule has 0 aliphatic rings. The molecule has 0 saturated carbocycles. The predicted octanol–water partition coefficient (Wildman–Crippen LogP) is 5.89. The Kier molecular flexibility index (Phi) is 9.37. The number of benzene rings is 3. The maximum Gasteiger partial charge on any atom is 0.389 e. The van der Waals surface area contributed by atoms with Gasteiger partial charge in [0.25, 0.3) is 0 Å². The lowest BCUT2D eigenvalue weighted by atomic mass is 10.0. The van der Waals surface area contributed by atoms with Gasteiger partial charge in [-0.15, -0.1) is 0 Å². The number of hydrogen-bond donors (Lipinski definition) is 3. The Morgan fingerprint density at radius 2 is 1.50 bits per heavy atom. The molecule has 3 rings (SSSR count). The maximum absolute atomic E-state index is 12.4. The van der Waals surface area contributed by atoms with Crippen LogP contribution in [0.25, 0.3) is 6.08 Å². The second-order valence-corrected chi connectivity index (χ2v) is 8.53. The van der Waals surface area contributed by atoms with Crippen molar-refractivity contribution in [2.75, 3.05) is 18.1 Å². The summed E-state index contributed by atoms with van der Waals surface area (Å²) in [5, 5.41) is 9.59. The number of anilines is 2. The predicted molar refractivity (Wildman–Crippen MR) is 138 cm³/mol. The van der Waals surface area contributed by atoms with Crippen molar-refractivity contribution in [2.45, 2.75) is 31.9 Å². The average molecular weight is 529 g/mol. The number of carbonyl (C=O) groups excluding carboxylic acids is 1. The molecule has 0 fully saturated rings. The number of alkyl halides is 3. The lowest BCUT2D eigenvalue weighted by molar-refractivity contribution is -0.136. The molecule has 0 aliphatic carbocycles. The van der Waals surface area contributed by atoms with E-state index >= 15 is 0 Å². The van der Waals surface area contributed by atoms with Gasteiger partial charge in [0.2, 0.25) is 0 Å². The molecule has 10 heteroatoms. The molecule has 0 amide bonds. The van der Waals surface area contributed by atoms with Crippen LogP contribution in [0.4, 0.5) is 24.5 Å². The summed E-state index contributed by atoms with van der Waals surface area (Å²) in [6.07, 6.45) is -3.07. The van der Waals surface area contributed by atoms with Gasteiger partial charge in [-0.1, -0.05) is 12.1 Å². The van der Waals surface area contributed by atoms with Gasteiger partial charge in [-0.05, 0) is 91.1 Å². The van der Waals surface area contributed by atoms with Crippen molar-refractivity contribution in [3.63, 3.8) is 0 Å². The number of rotatable bonds is 11. The number of nitrogen functional groups attached to an aromatic ring is 2. The van der Waals surface area contributed by atoms with E-state index in [4.69, 9.17) is 20.9 Å². The van der Waals surface area contributed by atoms with Crippen LogP contribution in [0.2, 0.25) is 0 Å². The third-order valence-corrected chi connectivity index (χ3v) is 5.39. The highest BCUT2D eigenvalue weighted by atomic mass is 19.4. The van der Waals surface area contributed by atoms with E-state index in [0.717, 1.165) is 5.56 Å². The summed E-state index contributed by atoms with van der Waals surface area (Å²) in [5.74, 6) is -1.09. The summed E-state index contributed by atoms with van der Waals surface area (Å²) >= 11 is 0. The summed E-state index contributed by atoms with van der Waals surface area (Å²) < 4.78 is 47.2. The fourth-order valence-electron chi connectivity index (χ4n) is 3.56. The highest BCUT2D eigenvalue weighted by Gasteiger charge is 2.26. The van der Waals surface area contributed by atoms with Crippen LogP contribution < -0.4 is 20.9 Å². The molecule has 0 aliphatic heterocycles. The van der Waals surface area contributed by atoms with E-state index in [2.05, 4.69) is 0 Å². The summed E-state index contributed by atoms with van der Waals surface area (Å²) in [6, 6.07) is 17.3. The van der Waals surface area contributed by atoms with Crippen LogP contribution in [0.1, 0.15) is 40.7 Å². The fraction of sp³-hybridized carbons (Fsp3) is 0.214. The van der Waals surface area contributed by atoms with E-state index in [9.17, 15) is 27.9 Å². The van der Waals surface area contributed by atoms with Crippen LogP contribution in [-0.4, -0.2) is 29.8 Å². The number of halogens is 3. The summed E-state index contributed by atoms with van der Waals surface area (Å²) in [6.45, 7) is -0.0940. The monoisotopic (exact) mass is 528 g/mol. The van der Waals surface area contributed by atoms with E-state index in [1.165, 1.54) is 30.3 Å². The zero-order chi connectivity index (χ0) is 27.7. The topological polar surface area (TPSA) is 125 Å². The molecule has 0 saturated heterocycles. The fourth-order valence-corrected chi connectivity index (χ4v) is 3.56. The molecule has 0 radical (unpaired) electrons. The summed E-state index contributed by atoms with van der Waals surface area (Å²) in [4.78, 5) is 24.1. The number of ether oxygens (including phenoxy) is 2. The Balaban J connectivity index is 1.56. The lowest BCUT2D eigenvalue weighted by Crippen LogP contribution is -2.10. The van der Waals surface area contributed by atoms with Gasteiger partial charge >= 0.3 is 18.1 Å². The van der Waals surface area contributed by atoms with Gasteiger partial charge in [-0.25, -0.2) is 9.59 Å². The third kappa shape index (κ3) is 9.20. The molecule has 0 bridgehead atoms. The van der Waals surface area contributed by atoms with Gasteiger partial charge in [0.1, 0.15) is 11.5 Å². The standard InChI is InChI=1S/C28H27F3N2O5/c29-28(30,31)12-1-13-37-24-10-6-20(7-11-24)27(36)38-25-8-3-18(4-9-25)14-21(26(34)35)5-2-19-15-22(32)17-23(33)16-19/h3-4,6-11,14-17H,1-2,5,12-13,32-33H2,(H,34,35)/b21-14+. The number of esters is 1. The highest BCUT2D eigenvalue weighted by Crippen LogP contribution is 2.23. The lowest BCUT2D eigenvalue weighted by Gasteiger charge is -2.09. The van der Waals surface area contributed by atoms with Crippen molar-refractivity contribution in [1.29, 1.82) is 0 Å². The number of carbonyl (C=O) groups is 2. The Bertz CT molecular complexity index is 1270. The van der Waals surface area contributed by atoms with Crippen molar-refractivity contribution in [1.82, 2.24) is 0 Å². The van der Waals surface area contributed by atoms with Gasteiger partial charge in [0, 0.05) is 23.4 Å². The van der Waals surface area contributed by atoms with Gasteiger partial charge in [-0.2, -0.15) is 13.2 Å². The molecule has 38 heavy (non-hydrogen) atoms. The minimum absolute atomic E-state index is 0.0940. The number of hydrogen-bond acceptors (Lipinski definition) is 6. The normalized spacial score (nSPS) is 11.7. The van der Waals surface area contributed by atoms with Crippen molar-refractivity contribution < 1.29 is 37.3 Å². The number of aliphatic carboxylic acids is 1. The molecule has 7 nitrogen and oxygen atoms in total. The Hall–Kier alpha value is -4.47. The molecule has 0 heterocycles. The average Bonchev–Trinajstić information content (AvgIpc) is 2.84. The van der Waals surface area contributed by atoms with Crippen molar-refractivity contribution in [3.8, 4) is 11.5 Å². The SMILES string of the molecule is Nc1cc(N)cc(CC/C(=C\c2ccc(OC(=O)c3ccc(OCCCC(F)(F)F)cc3)cc2)C(=O)O)c1. The van der Waals surface area contributed by atoms with E-state index in [1.54, 1.807) is 42.5 Å². The zero-order valence-corrected chi connectivity index (χ0v) is 20.3. The molecule has 200 valence electrons. The number of carboxylic acids is 1. The first kappa shape index (κ1) is 28.1. The molecule has 3 aromatic carbocycles. The quantitative estimate of drug-likeness (QED) is 0.0931. The van der Waals surface area contributed by atoms with E-state index < -0.39 is 24.5 Å². The minimum Gasteiger partial charge on any atom is -0.494 e. The van der Waals surface area contributed by atoms with Crippen molar-refractivity contribution in [3.05, 3.63) is 89.0 Å². The van der Waals surface area contributed by atoms with Gasteiger partial charge in [0.15, 0.2) is 0 Å². The molecule has 0 spiro atoms. The Morgan fingerprint density at radius 3 is 2.08 bits per heavy atom. The number of aryl methyl sites for hydroxylation is 1. The molecular formula is C28H27F3N2O5. The maximum atomic E-state index is 12.4. The Labute approximate surface area is 217 Å². The molecule has 0 unspecified atom stereocenters. The molecule has 0 aromatic heterocycles. The van der Waals surface area contributed by atoms with Crippen LogP contribution in [0, 0.1) is 0 Å². The van der Waals surface area contributed by atoms with Gasteiger partial charge in [0.05, 0.1) is 12.2 Å². The van der Waals surface area contributed by atoms with Crippen LogP contribution in [0.15, 0.2) is 72.3 Å². The molecule has 3 aromatic rings. The highest BCUT2D eigenvalue weighted by molar-refractivity contribution is 5.92. The minimum atomic E-state index is -4.22. The smallest absolute Gasteiger partial charge is 0.389 e. The van der Waals surface area contributed by atoms with E-state index in [-0.39, 0.29) is 36.3 Å². The second kappa shape index (κ2) is 12.7. The number of nitrogens with two attached hydrogens (primary N) is 2. The second-order valence-electron chi connectivity index (χ2n) is 8.53. The van der Waals surface area contributed by atoms with E-state index in [0.29, 0.717) is 29.1 Å². The third-order valence-electron chi connectivity index (χ3n) is 5.39. The zero-order valence-electron chi connectivity index (χ0n) is 20.3. The summed E-state index contributed by atoms with van der Waals surface area (Å²) in [7, 11) is 0. The molecule has 0 atom stereocenters. The van der Waals surface area contributed by atoms with Crippen LogP contribution in [-0.2, 0) is 11.2 Å². The first-order valence-corrected chi connectivity index (χ1v) is 11.7. The number of carboxylic acid groups (broad SMARTS) is 1. The van der Waals surface area contributed by atoms with Crippen molar-refractivity contribution >= 4 is 29.4 Å². The van der Waals surface area contributed by atoms with Crippen LogP contribution in [0.3, 0.4) is 0 Å². The van der Waals surface area contributed by atoms with Gasteiger partial charge < -0.3 is 26.0 Å². The Morgan fingerprint density at radius 1 is 0.895 bits per heavy atom. The van der Waals surface area contributed by atoms with E-state index in [1.807, 2.05) is 0 Å².